The molecule has 96 valence electrons. The van der Waals surface area contributed by atoms with Crippen LogP contribution in [-0.2, 0) is 6.54 Å². The monoisotopic (exact) mass is 247 g/mol. The Morgan fingerprint density at radius 1 is 1.39 bits per heavy atom. The Labute approximate surface area is 106 Å². The van der Waals surface area contributed by atoms with Crippen LogP contribution in [0, 0.1) is 11.8 Å². The highest BCUT2D eigenvalue weighted by molar-refractivity contribution is 5.88. The molecular weight excluding hydrogens is 230 g/mol. The van der Waals surface area contributed by atoms with Crippen molar-refractivity contribution in [3.63, 3.8) is 0 Å². The number of fused-ring (bicyclic) bond motifs is 1. The molecule has 18 heavy (non-hydrogen) atoms. The smallest absolute Gasteiger partial charge is 0.339 e. The van der Waals surface area contributed by atoms with E-state index in [1.807, 2.05) is 0 Å². The molecule has 1 aromatic heterocycles. The molecule has 2 heterocycles. The van der Waals surface area contributed by atoms with E-state index in [2.05, 4.69) is 14.9 Å². The van der Waals surface area contributed by atoms with Crippen molar-refractivity contribution in [3.8, 4) is 0 Å². The molecule has 2 atom stereocenters. The van der Waals surface area contributed by atoms with Crippen LogP contribution in [0.15, 0.2) is 12.5 Å². The Morgan fingerprint density at radius 3 is 2.78 bits per heavy atom. The maximum absolute atomic E-state index is 11.1. The number of nitrogens with zero attached hydrogens (tertiary/aromatic N) is 3. The van der Waals surface area contributed by atoms with Gasteiger partial charge in [-0.15, -0.1) is 0 Å². The SMILES string of the molecule is O=C(O)c1cncnc1CN1CC2CCCC2C1. The van der Waals surface area contributed by atoms with Gasteiger partial charge in [0.05, 0.1) is 5.69 Å². The zero-order valence-corrected chi connectivity index (χ0v) is 10.2. The quantitative estimate of drug-likeness (QED) is 0.874. The van der Waals surface area contributed by atoms with E-state index in [9.17, 15) is 4.79 Å². The van der Waals surface area contributed by atoms with Crippen LogP contribution >= 0.6 is 0 Å². The third-order valence-corrected chi connectivity index (χ3v) is 4.20. The van der Waals surface area contributed by atoms with E-state index in [0.717, 1.165) is 24.9 Å². The van der Waals surface area contributed by atoms with E-state index in [4.69, 9.17) is 5.11 Å². The molecule has 5 nitrogen and oxygen atoms in total. The van der Waals surface area contributed by atoms with Crippen molar-refractivity contribution < 1.29 is 9.90 Å². The third kappa shape index (κ3) is 2.10. The number of carboxylic acids is 1. The van der Waals surface area contributed by atoms with Gasteiger partial charge in [-0.25, -0.2) is 14.8 Å². The lowest BCUT2D eigenvalue weighted by Gasteiger charge is -2.16. The molecule has 0 amide bonds. The van der Waals surface area contributed by atoms with Crippen molar-refractivity contribution in [1.29, 1.82) is 0 Å². The fourth-order valence-electron chi connectivity index (χ4n) is 3.33. The zero-order chi connectivity index (χ0) is 12.5. The summed E-state index contributed by atoms with van der Waals surface area (Å²) in [7, 11) is 0. The van der Waals surface area contributed by atoms with Crippen LogP contribution in [0.25, 0.3) is 0 Å². The molecule has 1 N–H and O–H groups in total. The number of carbonyl (C=O) groups is 1. The predicted molar refractivity (Wildman–Crippen MR) is 65.1 cm³/mol. The first kappa shape index (κ1) is 11.6. The lowest BCUT2D eigenvalue weighted by molar-refractivity contribution is 0.0693. The summed E-state index contributed by atoms with van der Waals surface area (Å²) < 4.78 is 0. The lowest BCUT2D eigenvalue weighted by atomic mass is 10.0. The van der Waals surface area contributed by atoms with Crippen molar-refractivity contribution >= 4 is 5.97 Å². The molecule has 0 spiro atoms. The zero-order valence-electron chi connectivity index (χ0n) is 10.2. The number of carboxylic acid groups (broad SMARTS) is 1. The normalized spacial score (nSPS) is 27.3. The summed E-state index contributed by atoms with van der Waals surface area (Å²) in [5.74, 6) is 0.699. The average Bonchev–Trinajstić information content (AvgIpc) is 2.90. The first-order chi connectivity index (χ1) is 8.74. The molecule has 2 unspecified atom stereocenters. The van der Waals surface area contributed by atoms with E-state index in [1.54, 1.807) is 0 Å². The summed E-state index contributed by atoms with van der Waals surface area (Å²) >= 11 is 0. The van der Waals surface area contributed by atoms with Gasteiger partial charge >= 0.3 is 5.97 Å². The van der Waals surface area contributed by atoms with Crippen LogP contribution < -0.4 is 0 Å². The number of aromatic carboxylic acids is 1. The van der Waals surface area contributed by atoms with E-state index in [-0.39, 0.29) is 5.56 Å². The molecule has 0 aromatic carbocycles. The minimum Gasteiger partial charge on any atom is -0.478 e. The molecule has 2 aliphatic rings. The van der Waals surface area contributed by atoms with Crippen molar-refractivity contribution in [1.82, 2.24) is 14.9 Å². The standard InChI is InChI=1S/C13H17N3O2/c17-13(18)11-4-14-8-15-12(11)7-16-5-9-2-1-3-10(9)6-16/h4,8-10H,1-3,5-7H2,(H,17,18). The van der Waals surface area contributed by atoms with E-state index < -0.39 is 5.97 Å². The van der Waals surface area contributed by atoms with Crippen molar-refractivity contribution in [2.45, 2.75) is 25.8 Å². The third-order valence-electron chi connectivity index (χ3n) is 4.20. The van der Waals surface area contributed by atoms with Gasteiger partial charge in [0.15, 0.2) is 0 Å². The number of hydrogen-bond donors (Lipinski definition) is 1. The molecule has 0 bridgehead atoms. The molecular formula is C13H17N3O2. The Morgan fingerprint density at radius 2 is 2.11 bits per heavy atom. The first-order valence-corrected chi connectivity index (χ1v) is 6.48. The van der Waals surface area contributed by atoms with Gasteiger partial charge in [-0.05, 0) is 24.7 Å². The maximum atomic E-state index is 11.1. The van der Waals surface area contributed by atoms with Gasteiger partial charge in [0, 0.05) is 25.8 Å². The first-order valence-electron chi connectivity index (χ1n) is 6.48. The Bertz CT molecular complexity index is 451. The number of aromatic nitrogens is 2. The van der Waals surface area contributed by atoms with Gasteiger partial charge in [0.2, 0.25) is 0 Å². The van der Waals surface area contributed by atoms with Crippen LogP contribution in [-0.4, -0.2) is 39.0 Å². The fraction of sp³-hybridized carbons (Fsp3) is 0.615. The summed E-state index contributed by atoms with van der Waals surface area (Å²) in [6.45, 7) is 2.82. The molecule has 1 aromatic rings. The van der Waals surface area contributed by atoms with Crippen molar-refractivity contribution in [2.24, 2.45) is 11.8 Å². The van der Waals surface area contributed by atoms with Crippen LogP contribution in [0.1, 0.15) is 35.3 Å². The van der Waals surface area contributed by atoms with Crippen LogP contribution in [0.2, 0.25) is 0 Å². The maximum Gasteiger partial charge on any atom is 0.339 e. The van der Waals surface area contributed by atoms with Crippen molar-refractivity contribution in [3.05, 3.63) is 23.8 Å². The topological polar surface area (TPSA) is 66.3 Å². The minimum atomic E-state index is -0.940. The minimum absolute atomic E-state index is 0.231. The molecule has 1 aliphatic heterocycles. The Kier molecular flexibility index (Phi) is 2.99. The second-order valence-corrected chi connectivity index (χ2v) is 5.33. The van der Waals surface area contributed by atoms with Crippen molar-refractivity contribution in [2.75, 3.05) is 13.1 Å². The summed E-state index contributed by atoms with van der Waals surface area (Å²) in [6, 6.07) is 0. The second kappa shape index (κ2) is 4.65. The average molecular weight is 247 g/mol. The largest absolute Gasteiger partial charge is 0.478 e. The highest BCUT2D eigenvalue weighted by atomic mass is 16.4. The molecule has 3 rings (SSSR count). The summed E-state index contributed by atoms with van der Waals surface area (Å²) in [5, 5.41) is 9.10. The fourth-order valence-corrected chi connectivity index (χ4v) is 3.33. The molecule has 2 fully saturated rings. The van der Waals surface area contributed by atoms with E-state index >= 15 is 0 Å². The Balaban J connectivity index is 1.72. The highest BCUT2D eigenvalue weighted by Crippen LogP contribution is 2.38. The van der Waals surface area contributed by atoms with Gasteiger partial charge < -0.3 is 5.11 Å². The van der Waals surface area contributed by atoms with Gasteiger partial charge in [0.1, 0.15) is 11.9 Å². The lowest BCUT2D eigenvalue weighted by Crippen LogP contribution is -2.23. The van der Waals surface area contributed by atoms with Crippen LogP contribution in [0.3, 0.4) is 0 Å². The molecule has 5 heteroatoms. The molecule has 1 saturated heterocycles. The van der Waals surface area contributed by atoms with Gasteiger partial charge in [-0.2, -0.15) is 0 Å². The molecule has 0 radical (unpaired) electrons. The Hall–Kier alpha value is -1.49. The summed E-state index contributed by atoms with van der Waals surface area (Å²) in [4.78, 5) is 21.3. The van der Waals surface area contributed by atoms with E-state index in [1.165, 1.54) is 31.8 Å². The summed E-state index contributed by atoms with van der Waals surface area (Å²) in [5.41, 5.74) is 0.868. The molecule has 1 saturated carbocycles. The highest BCUT2D eigenvalue weighted by Gasteiger charge is 2.36. The number of hydrogen-bond acceptors (Lipinski definition) is 4. The van der Waals surface area contributed by atoms with Gasteiger partial charge in [-0.3, -0.25) is 4.90 Å². The van der Waals surface area contributed by atoms with Crippen LogP contribution in [0.4, 0.5) is 0 Å². The van der Waals surface area contributed by atoms with Crippen LogP contribution in [0.5, 0.6) is 0 Å². The summed E-state index contributed by atoms with van der Waals surface area (Å²) in [6.07, 6.45) is 6.84. The number of rotatable bonds is 3. The number of likely N-dealkylation sites (tertiary alicyclic amines) is 1. The van der Waals surface area contributed by atoms with E-state index in [0.29, 0.717) is 12.2 Å². The molecule has 1 aliphatic carbocycles. The van der Waals surface area contributed by atoms with Gasteiger partial charge in [-0.1, -0.05) is 6.42 Å². The van der Waals surface area contributed by atoms with Gasteiger partial charge in [0.25, 0.3) is 0 Å². The second-order valence-electron chi connectivity index (χ2n) is 5.33. The predicted octanol–water partition coefficient (Wildman–Crippen LogP) is 1.41.